The second-order valence-electron chi connectivity index (χ2n) is 7.00. The highest BCUT2D eigenvalue weighted by molar-refractivity contribution is 7.17. The Morgan fingerprint density at radius 1 is 1.13 bits per heavy atom. The van der Waals surface area contributed by atoms with Crippen molar-refractivity contribution in [1.82, 2.24) is 9.88 Å². The fourth-order valence-corrected chi connectivity index (χ4v) is 4.46. The Bertz CT molecular complexity index is 1010. The zero-order valence-electron chi connectivity index (χ0n) is 16.0. The van der Waals surface area contributed by atoms with Gasteiger partial charge in [0.1, 0.15) is 4.88 Å². The number of hydrogen-bond acceptors (Lipinski definition) is 6. The molecule has 6 nitrogen and oxygen atoms in total. The first-order chi connectivity index (χ1) is 14.3. The third kappa shape index (κ3) is 3.79. The molecule has 1 aromatic carbocycles. The number of hydrogen-bond donors (Lipinski definition) is 0. The van der Waals surface area contributed by atoms with Gasteiger partial charge in [-0.2, -0.15) is 13.2 Å². The molecule has 3 heterocycles. The lowest BCUT2D eigenvalue weighted by molar-refractivity contribution is -0.138. The number of rotatable bonds is 4. The van der Waals surface area contributed by atoms with Crippen LogP contribution in [0.5, 0.6) is 0 Å². The highest BCUT2D eigenvalue weighted by Gasteiger charge is 2.38. The number of ether oxygens (including phenoxy) is 1. The number of amides is 1. The van der Waals surface area contributed by atoms with Gasteiger partial charge in [0.15, 0.2) is 5.13 Å². The third-order valence-electron chi connectivity index (χ3n) is 5.02. The molecule has 0 spiro atoms. The number of anilines is 1. The fourth-order valence-electron chi connectivity index (χ4n) is 3.65. The lowest BCUT2D eigenvalue weighted by Gasteiger charge is -2.23. The van der Waals surface area contributed by atoms with E-state index in [-0.39, 0.29) is 25.3 Å². The molecule has 0 bridgehead atoms. The van der Waals surface area contributed by atoms with E-state index < -0.39 is 23.6 Å². The van der Waals surface area contributed by atoms with Crippen molar-refractivity contribution >= 4 is 28.3 Å². The average molecular weight is 437 g/mol. The van der Waals surface area contributed by atoms with Gasteiger partial charge < -0.3 is 14.5 Å². The first kappa shape index (κ1) is 20.4. The first-order valence-corrected chi connectivity index (χ1v) is 10.1. The molecule has 0 fully saturated rings. The van der Waals surface area contributed by atoms with Crippen molar-refractivity contribution in [2.75, 3.05) is 37.7 Å². The summed E-state index contributed by atoms with van der Waals surface area (Å²) in [6.07, 6.45) is -3.11. The summed E-state index contributed by atoms with van der Waals surface area (Å²) in [7, 11) is 0. The van der Waals surface area contributed by atoms with Crippen LogP contribution in [0.25, 0.3) is 0 Å². The largest absolute Gasteiger partial charge is 0.462 e. The zero-order chi connectivity index (χ0) is 21.5. The Hall–Kier alpha value is -2.88. The summed E-state index contributed by atoms with van der Waals surface area (Å²) in [5.74, 6) is -1.04. The normalized spacial score (nSPS) is 16.3. The molecule has 1 amide bonds. The van der Waals surface area contributed by atoms with Gasteiger partial charge in [-0.3, -0.25) is 4.79 Å². The molecule has 30 heavy (non-hydrogen) atoms. The van der Waals surface area contributed by atoms with Gasteiger partial charge in [0.05, 0.1) is 23.9 Å². The SMILES string of the molecule is CCOC(=O)c1cnc(N2CC3=C(CN(C(=O)c4ccccc4C(F)(F)F)C3)C2)s1. The smallest absolute Gasteiger partial charge is 0.417 e. The Morgan fingerprint density at radius 3 is 2.43 bits per heavy atom. The summed E-state index contributed by atoms with van der Waals surface area (Å²) in [5, 5.41) is 0.674. The van der Waals surface area contributed by atoms with Crippen molar-refractivity contribution in [3.05, 3.63) is 57.6 Å². The number of alkyl halides is 3. The molecule has 0 unspecified atom stereocenters. The summed E-state index contributed by atoms with van der Waals surface area (Å²) < 4.78 is 44.7. The Kier molecular flexibility index (Phi) is 5.27. The maximum atomic E-state index is 13.2. The maximum absolute atomic E-state index is 13.2. The average Bonchev–Trinajstić information content (AvgIpc) is 3.41. The number of esters is 1. The predicted molar refractivity (Wildman–Crippen MR) is 105 cm³/mol. The standard InChI is InChI=1S/C20H18F3N3O3S/c1-2-29-18(28)16-7-24-19(30-16)26-10-12-8-25(9-13(12)11-26)17(27)14-5-3-4-6-15(14)20(21,22)23/h3-7H,2,8-11H2,1H3. The van der Waals surface area contributed by atoms with Crippen LogP contribution in [0.1, 0.15) is 32.5 Å². The maximum Gasteiger partial charge on any atom is 0.417 e. The number of nitrogens with zero attached hydrogens (tertiary/aromatic N) is 3. The second-order valence-corrected chi connectivity index (χ2v) is 8.00. The molecule has 0 saturated carbocycles. The highest BCUT2D eigenvalue weighted by atomic mass is 32.1. The predicted octanol–water partition coefficient (Wildman–Crippen LogP) is 3.61. The molecule has 1 aromatic heterocycles. The number of benzene rings is 1. The van der Waals surface area contributed by atoms with Crippen molar-refractivity contribution in [3.8, 4) is 0 Å². The molecule has 2 aliphatic rings. The van der Waals surface area contributed by atoms with Crippen LogP contribution < -0.4 is 4.90 Å². The Balaban J connectivity index is 1.42. The van der Waals surface area contributed by atoms with Crippen LogP contribution in [-0.2, 0) is 10.9 Å². The summed E-state index contributed by atoms with van der Waals surface area (Å²) in [5.41, 5.74) is 0.751. The summed E-state index contributed by atoms with van der Waals surface area (Å²) in [4.78, 5) is 32.7. The van der Waals surface area contributed by atoms with Gasteiger partial charge in [-0.1, -0.05) is 23.5 Å². The van der Waals surface area contributed by atoms with E-state index in [2.05, 4.69) is 4.98 Å². The van der Waals surface area contributed by atoms with Crippen LogP contribution in [0.3, 0.4) is 0 Å². The van der Waals surface area contributed by atoms with Gasteiger partial charge in [0.2, 0.25) is 0 Å². The van der Waals surface area contributed by atoms with Crippen LogP contribution in [0, 0.1) is 0 Å². The van der Waals surface area contributed by atoms with E-state index in [1.54, 1.807) is 6.92 Å². The summed E-state index contributed by atoms with van der Waals surface area (Å²) in [6.45, 7) is 3.63. The van der Waals surface area contributed by atoms with Crippen LogP contribution in [0.4, 0.5) is 18.3 Å². The molecular weight excluding hydrogens is 419 g/mol. The van der Waals surface area contributed by atoms with Crippen LogP contribution in [0.2, 0.25) is 0 Å². The Labute approximate surface area is 174 Å². The minimum Gasteiger partial charge on any atom is -0.462 e. The second kappa shape index (κ2) is 7.75. The van der Waals surface area contributed by atoms with Crippen molar-refractivity contribution in [2.24, 2.45) is 0 Å². The van der Waals surface area contributed by atoms with E-state index in [9.17, 15) is 22.8 Å². The number of thiazole rings is 1. The lowest BCUT2D eigenvalue weighted by Crippen LogP contribution is -2.35. The molecule has 0 aliphatic carbocycles. The zero-order valence-corrected chi connectivity index (χ0v) is 16.8. The van der Waals surface area contributed by atoms with Gasteiger partial charge in [0.25, 0.3) is 5.91 Å². The number of carbonyl (C=O) groups is 2. The molecular formula is C20H18F3N3O3S. The molecule has 0 N–H and O–H groups in total. The van der Waals surface area contributed by atoms with Crippen molar-refractivity contribution in [2.45, 2.75) is 13.1 Å². The quantitative estimate of drug-likeness (QED) is 0.540. The van der Waals surface area contributed by atoms with Gasteiger partial charge in [0, 0.05) is 26.2 Å². The summed E-state index contributed by atoms with van der Waals surface area (Å²) in [6, 6.07) is 4.85. The lowest BCUT2D eigenvalue weighted by atomic mass is 10.1. The molecule has 4 rings (SSSR count). The minimum atomic E-state index is -4.58. The van der Waals surface area contributed by atoms with Crippen LogP contribution >= 0.6 is 11.3 Å². The third-order valence-corrected chi connectivity index (χ3v) is 6.06. The van der Waals surface area contributed by atoms with Gasteiger partial charge in [-0.15, -0.1) is 0 Å². The van der Waals surface area contributed by atoms with E-state index in [0.29, 0.717) is 23.1 Å². The summed E-state index contributed by atoms with van der Waals surface area (Å²) >= 11 is 1.23. The van der Waals surface area contributed by atoms with Gasteiger partial charge >= 0.3 is 12.1 Å². The van der Waals surface area contributed by atoms with Crippen molar-refractivity contribution in [3.63, 3.8) is 0 Å². The van der Waals surface area contributed by atoms with Crippen molar-refractivity contribution < 1.29 is 27.5 Å². The van der Waals surface area contributed by atoms with E-state index in [1.165, 1.54) is 40.6 Å². The topological polar surface area (TPSA) is 62.7 Å². The Morgan fingerprint density at radius 2 is 1.80 bits per heavy atom. The van der Waals surface area contributed by atoms with E-state index in [1.807, 2.05) is 4.90 Å². The molecule has 158 valence electrons. The highest BCUT2D eigenvalue weighted by Crippen LogP contribution is 2.35. The van der Waals surface area contributed by atoms with E-state index in [0.717, 1.165) is 17.2 Å². The number of aromatic nitrogens is 1. The van der Waals surface area contributed by atoms with E-state index in [4.69, 9.17) is 4.74 Å². The number of carbonyl (C=O) groups excluding carboxylic acids is 2. The van der Waals surface area contributed by atoms with Gasteiger partial charge in [-0.05, 0) is 30.2 Å². The molecule has 2 aromatic rings. The van der Waals surface area contributed by atoms with Crippen LogP contribution in [-0.4, -0.2) is 54.5 Å². The molecule has 0 saturated heterocycles. The molecule has 10 heteroatoms. The van der Waals surface area contributed by atoms with Gasteiger partial charge in [-0.25, -0.2) is 9.78 Å². The number of halogens is 3. The van der Waals surface area contributed by atoms with E-state index >= 15 is 0 Å². The van der Waals surface area contributed by atoms with Crippen LogP contribution in [0.15, 0.2) is 41.6 Å². The molecule has 0 atom stereocenters. The van der Waals surface area contributed by atoms with Crippen molar-refractivity contribution in [1.29, 1.82) is 0 Å². The first-order valence-electron chi connectivity index (χ1n) is 9.31. The minimum absolute atomic E-state index is 0.285. The molecule has 2 aliphatic heterocycles. The monoisotopic (exact) mass is 437 g/mol. The fraction of sp³-hybridized carbons (Fsp3) is 0.350. The molecule has 0 radical (unpaired) electrons.